The second-order valence-electron chi connectivity index (χ2n) is 6.38. The molecule has 0 aliphatic heterocycles. The summed E-state index contributed by atoms with van der Waals surface area (Å²) in [6, 6.07) is -0.943. The highest BCUT2D eigenvalue weighted by atomic mass is 16.3. The Balaban J connectivity index is 2.40. The minimum absolute atomic E-state index is 0.175. The number of hydrogen-bond acceptors (Lipinski definition) is 4. The van der Waals surface area contributed by atoms with Crippen LogP contribution in [0, 0.1) is 5.41 Å². The van der Waals surface area contributed by atoms with Crippen molar-refractivity contribution in [3.05, 3.63) is 0 Å². The Morgan fingerprint density at radius 3 is 2.26 bits per heavy atom. The van der Waals surface area contributed by atoms with Crippen molar-refractivity contribution in [2.24, 2.45) is 16.9 Å². The topological polar surface area (TPSA) is 118 Å². The van der Waals surface area contributed by atoms with E-state index in [1.807, 2.05) is 0 Å². The number of nitrogens with two attached hydrogens (primary N) is 2. The molecule has 1 aliphatic rings. The van der Waals surface area contributed by atoms with Gasteiger partial charge in [0.15, 0.2) is 0 Å². The molecule has 6 N–H and O–H groups in total. The van der Waals surface area contributed by atoms with Crippen LogP contribution in [0.3, 0.4) is 0 Å². The minimum atomic E-state index is -0.943. The van der Waals surface area contributed by atoms with Gasteiger partial charge in [0.25, 0.3) is 0 Å². The molecule has 0 aromatic carbocycles. The molecule has 1 rings (SSSR count). The number of rotatable bonds is 5. The lowest BCUT2D eigenvalue weighted by atomic mass is 9.71. The zero-order valence-corrected chi connectivity index (χ0v) is 11.7. The second-order valence-corrected chi connectivity index (χ2v) is 6.38. The SMILES string of the molecule is CC1(C)CCC(O)(CNC(=O)C(N)CC(N)=O)CC1. The first kappa shape index (κ1) is 15.9. The van der Waals surface area contributed by atoms with Gasteiger partial charge in [-0.15, -0.1) is 0 Å². The molecule has 0 aromatic rings. The summed E-state index contributed by atoms with van der Waals surface area (Å²) >= 11 is 0. The molecule has 1 aliphatic carbocycles. The minimum Gasteiger partial charge on any atom is -0.388 e. The van der Waals surface area contributed by atoms with Crippen molar-refractivity contribution in [3.63, 3.8) is 0 Å². The van der Waals surface area contributed by atoms with Gasteiger partial charge in [0.1, 0.15) is 0 Å². The maximum atomic E-state index is 11.6. The van der Waals surface area contributed by atoms with E-state index in [-0.39, 0.29) is 18.4 Å². The fourth-order valence-electron chi connectivity index (χ4n) is 2.26. The van der Waals surface area contributed by atoms with E-state index in [1.54, 1.807) is 0 Å². The van der Waals surface area contributed by atoms with E-state index in [1.165, 1.54) is 0 Å². The average Bonchev–Trinajstić information content (AvgIpc) is 2.30. The Morgan fingerprint density at radius 2 is 1.79 bits per heavy atom. The summed E-state index contributed by atoms with van der Waals surface area (Å²) in [5.41, 5.74) is 9.89. The summed E-state index contributed by atoms with van der Waals surface area (Å²) in [4.78, 5) is 22.3. The molecule has 0 radical (unpaired) electrons. The molecular weight excluding hydrogens is 246 g/mol. The zero-order valence-electron chi connectivity index (χ0n) is 11.7. The number of carbonyl (C=O) groups is 2. The quantitative estimate of drug-likeness (QED) is 0.546. The maximum absolute atomic E-state index is 11.6. The van der Waals surface area contributed by atoms with E-state index >= 15 is 0 Å². The Kier molecular flexibility index (Phi) is 4.92. The summed E-state index contributed by atoms with van der Waals surface area (Å²) in [5.74, 6) is -1.06. The molecule has 1 unspecified atom stereocenters. The molecule has 110 valence electrons. The number of hydrogen-bond donors (Lipinski definition) is 4. The van der Waals surface area contributed by atoms with Crippen molar-refractivity contribution in [3.8, 4) is 0 Å². The van der Waals surface area contributed by atoms with Crippen LogP contribution in [0.4, 0.5) is 0 Å². The van der Waals surface area contributed by atoms with Gasteiger partial charge in [-0.05, 0) is 31.1 Å². The fourth-order valence-corrected chi connectivity index (χ4v) is 2.26. The van der Waals surface area contributed by atoms with E-state index in [4.69, 9.17) is 11.5 Å². The van der Waals surface area contributed by atoms with Crippen LogP contribution in [0.15, 0.2) is 0 Å². The number of primary amides is 1. The number of nitrogens with one attached hydrogen (secondary N) is 1. The third-order valence-corrected chi connectivity index (χ3v) is 3.88. The smallest absolute Gasteiger partial charge is 0.237 e. The molecule has 0 saturated heterocycles. The summed E-state index contributed by atoms with van der Waals surface area (Å²) in [6.07, 6.45) is 2.98. The van der Waals surface area contributed by atoms with Gasteiger partial charge in [-0.2, -0.15) is 0 Å². The first-order chi connectivity index (χ1) is 8.64. The average molecular weight is 271 g/mol. The molecule has 2 amide bonds. The van der Waals surface area contributed by atoms with Crippen LogP contribution in [-0.2, 0) is 9.59 Å². The largest absolute Gasteiger partial charge is 0.388 e. The van der Waals surface area contributed by atoms with Crippen molar-refractivity contribution in [1.82, 2.24) is 5.32 Å². The van der Waals surface area contributed by atoms with Gasteiger partial charge >= 0.3 is 0 Å². The number of amides is 2. The summed E-state index contributed by atoms with van der Waals surface area (Å²) in [7, 11) is 0. The summed E-state index contributed by atoms with van der Waals surface area (Å²) in [5, 5.41) is 13.0. The molecule has 0 spiro atoms. The third-order valence-electron chi connectivity index (χ3n) is 3.88. The molecular formula is C13H25N3O3. The van der Waals surface area contributed by atoms with Crippen molar-refractivity contribution >= 4 is 11.8 Å². The molecule has 19 heavy (non-hydrogen) atoms. The molecule has 1 saturated carbocycles. The predicted octanol–water partition coefficient (Wildman–Crippen LogP) is -0.363. The highest BCUT2D eigenvalue weighted by Crippen LogP contribution is 2.39. The van der Waals surface area contributed by atoms with Crippen LogP contribution in [-0.4, -0.2) is 35.1 Å². The van der Waals surface area contributed by atoms with Crippen molar-refractivity contribution in [2.45, 2.75) is 57.6 Å². The van der Waals surface area contributed by atoms with E-state index in [0.717, 1.165) is 12.8 Å². The van der Waals surface area contributed by atoms with Crippen LogP contribution in [0.25, 0.3) is 0 Å². The molecule has 1 atom stereocenters. The van der Waals surface area contributed by atoms with Gasteiger partial charge in [-0.25, -0.2) is 0 Å². The molecule has 0 heterocycles. The first-order valence-corrected chi connectivity index (χ1v) is 6.68. The summed E-state index contributed by atoms with van der Waals surface area (Å²) in [6.45, 7) is 4.52. The Hall–Kier alpha value is -1.14. The molecule has 0 aromatic heterocycles. The Bertz CT molecular complexity index is 345. The van der Waals surface area contributed by atoms with E-state index < -0.39 is 23.5 Å². The maximum Gasteiger partial charge on any atom is 0.237 e. The van der Waals surface area contributed by atoms with Crippen LogP contribution in [0.1, 0.15) is 46.0 Å². The monoisotopic (exact) mass is 271 g/mol. The normalized spacial score (nSPS) is 22.5. The van der Waals surface area contributed by atoms with E-state index in [0.29, 0.717) is 12.8 Å². The predicted molar refractivity (Wildman–Crippen MR) is 72.0 cm³/mol. The van der Waals surface area contributed by atoms with Crippen molar-refractivity contribution < 1.29 is 14.7 Å². The van der Waals surface area contributed by atoms with Gasteiger partial charge in [0, 0.05) is 6.54 Å². The Morgan fingerprint density at radius 1 is 1.26 bits per heavy atom. The highest BCUT2D eigenvalue weighted by Gasteiger charge is 2.37. The van der Waals surface area contributed by atoms with E-state index in [9.17, 15) is 14.7 Å². The molecule has 6 nitrogen and oxygen atoms in total. The lowest BCUT2D eigenvalue weighted by molar-refractivity contribution is -0.127. The van der Waals surface area contributed by atoms with Gasteiger partial charge in [-0.3, -0.25) is 9.59 Å². The fraction of sp³-hybridized carbons (Fsp3) is 0.846. The third kappa shape index (κ3) is 5.16. The van der Waals surface area contributed by atoms with Crippen molar-refractivity contribution in [1.29, 1.82) is 0 Å². The second kappa shape index (κ2) is 5.88. The van der Waals surface area contributed by atoms with Crippen LogP contribution >= 0.6 is 0 Å². The van der Waals surface area contributed by atoms with Crippen LogP contribution in [0.2, 0.25) is 0 Å². The number of aliphatic hydroxyl groups is 1. The zero-order chi connectivity index (χ0) is 14.7. The lowest BCUT2D eigenvalue weighted by Gasteiger charge is -2.40. The standard InChI is InChI=1S/C13H25N3O3/c1-12(2)3-5-13(19,6-4-12)8-16-11(18)9(14)7-10(15)17/h9,19H,3-8,14H2,1-2H3,(H2,15,17)(H,16,18). The van der Waals surface area contributed by atoms with Crippen LogP contribution in [0.5, 0.6) is 0 Å². The Labute approximate surface area is 113 Å². The van der Waals surface area contributed by atoms with Gasteiger partial charge in [0.05, 0.1) is 18.1 Å². The first-order valence-electron chi connectivity index (χ1n) is 6.68. The van der Waals surface area contributed by atoms with Gasteiger partial charge in [0.2, 0.25) is 11.8 Å². The highest BCUT2D eigenvalue weighted by molar-refractivity contribution is 5.87. The molecule has 0 bridgehead atoms. The van der Waals surface area contributed by atoms with Gasteiger partial charge in [-0.1, -0.05) is 13.8 Å². The van der Waals surface area contributed by atoms with Crippen LogP contribution < -0.4 is 16.8 Å². The van der Waals surface area contributed by atoms with Gasteiger partial charge < -0.3 is 21.9 Å². The summed E-state index contributed by atoms with van der Waals surface area (Å²) < 4.78 is 0. The van der Waals surface area contributed by atoms with Crippen molar-refractivity contribution in [2.75, 3.05) is 6.54 Å². The lowest BCUT2D eigenvalue weighted by Crippen LogP contribution is -2.50. The van der Waals surface area contributed by atoms with E-state index in [2.05, 4.69) is 19.2 Å². The molecule has 6 heteroatoms. The molecule has 1 fully saturated rings. The number of carbonyl (C=O) groups excluding carboxylic acids is 2.